The summed E-state index contributed by atoms with van der Waals surface area (Å²) < 4.78 is 9.84. The molecule has 1 heterocycles. The van der Waals surface area contributed by atoms with Crippen LogP contribution in [0.2, 0.25) is 0 Å². The fourth-order valence-corrected chi connectivity index (χ4v) is 1.46. The molecule has 0 aliphatic carbocycles. The summed E-state index contributed by atoms with van der Waals surface area (Å²) in [5.74, 6) is -1.85. The Balaban J connectivity index is 2.79. The molecule has 0 aromatic carbocycles. The second kappa shape index (κ2) is 5.59. The zero-order valence-corrected chi connectivity index (χ0v) is 9.59. The van der Waals surface area contributed by atoms with Crippen LogP contribution in [0, 0.1) is 0 Å². The van der Waals surface area contributed by atoms with Crippen molar-refractivity contribution in [3.8, 4) is 0 Å². The number of amides is 2. The number of carbonyl (C=O) groups excluding carboxylic acids is 2. The number of hydrogen-bond donors (Lipinski definition) is 5. The van der Waals surface area contributed by atoms with Crippen molar-refractivity contribution in [3.05, 3.63) is 0 Å². The molecule has 1 fully saturated rings. The second-order valence-electron chi connectivity index (χ2n) is 3.98. The van der Waals surface area contributed by atoms with Crippen molar-refractivity contribution in [2.45, 2.75) is 43.7 Å². The Labute approximate surface area is 102 Å². The Morgan fingerprint density at radius 3 is 2.17 bits per heavy atom. The number of ether oxygens (including phenoxy) is 2. The van der Waals surface area contributed by atoms with Gasteiger partial charge in [-0.3, -0.25) is 9.59 Å². The summed E-state index contributed by atoms with van der Waals surface area (Å²) in [6.45, 7) is 1.30. The Hall–Kier alpha value is -1.26. The Morgan fingerprint density at radius 1 is 1.17 bits per heavy atom. The molecule has 6 atom stereocenters. The third-order valence-electron chi connectivity index (χ3n) is 2.59. The Bertz CT molecular complexity index is 337. The first kappa shape index (κ1) is 14.8. The van der Waals surface area contributed by atoms with E-state index in [0.717, 1.165) is 0 Å². The van der Waals surface area contributed by atoms with E-state index < -0.39 is 48.6 Å². The summed E-state index contributed by atoms with van der Waals surface area (Å²) in [7, 11) is 0. The van der Waals surface area contributed by atoms with Crippen molar-refractivity contribution in [2.75, 3.05) is 0 Å². The van der Waals surface area contributed by atoms with Gasteiger partial charge in [0.1, 0.15) is 24.4 Å². The van der Waals surface area contributed by atoms with Gasteiger partial charge in [0, 0.05) is 0 Å². The normalized spacial score (nSPS) is 38.1. The van der Waals surface area contributed by atoms with Crippen molar-refractivity contribution in [3.63, 3.8) is 0 Å². The molecule has 1 aliphatic heterocycles. The van der Waals surface area contributed by atoms with E-state index in [0.29, 0.717) is 0 Å². The zero-order valence-electron chi connectivity index (χ0n) is 9.59. The van der Waals surface area contributed by atoms with E-state index in [1.165, 1.54) is 6.92 Å². The molecule has 18 heavy (non-hydrogen) atoms. The number of carbonyl (C=O) groups is 2. The van der Waals surface area contributed by atoms with E-state index in [1.54, 1.807) is 0 Å². The molecule has 9 heteroatoms. The smallest absolute Gasteiger partial charge is 0.249 e. The summed E-state index contributed by atoms with van der Waals surface area (Å²) >= 11 is 0. The minimum absolute atomic E-state index is 0.818. The molecule has 3 unspecified atom stereocenters. The van der Waals surface area contributed by atoms with Crippen molar-refractivity contribution in [1.29, 1.82) is 0 Å². The molecule has 0 bridgehead atoms. The quantitative estimate of drug-likeness (QED) is 0.347. The highest BCUT2D eigenvalue weighted by Crippen LogP contribution is 2.22. The maximum atomic E-state index is 11.0. The largest absolute Gasteiger partial charge is 0.387 e. The van der Waals surface area contributed by atoms with Gasteiger partial charge in [0.25, 0.3) is 0 Å². The molecule has 104 valence electrons. The van der Waals surface area contributed by atoms with E-state index >= 15 is 0 Å². The van der Waals surface area contributed by atoms with E-state index in [-0.39, 0.29) is 0 Å². The maximum absolute atomic E-state index is 11.0. The predicted octanol–water partition coefficient (Wildman–Crippen LogP) is -3.83. The van der Waals surface area contributed by atoms with Crippen molar-refractivity contribution in [1.82, 2.24) is 0 Å². The highest BCUT2D eigenvalue weighted by molar-refractivity contribution is 5.80. The minimum atomic E-state index is -1.69. The van der Waals surface area contributed by atoms with Crippen LogP contribution in [-0.4, -0.2) is 63.9 Å². The van der Waals surface area contributed by atoms with Gasteiger partial charge in [0.05, 0.1) is 0 Å². The first-order valence-corrected chi connectivity index (χ1v) is 5.19. The fraction of sp³-hybridized carbons (Fsp3) is 0.778. The van der Waals surface area contributed by atoms with Gasteiger partial charge in [0.15, 0.2) is 12.4 Å². The number of aliphatic hydroxyl groups is 3. The third kappa shape index (κ3) is 2.94. The highest BCUT2D eigenvalue weighted by Gasteiger charge is 2.47. The first-order valence-electron chi connectivity index (χ1n) is 5.19. The van der Waals surface area contributed by atoms with Crippen LogP contribution in [-0.2, 0) is 19.1 Å². The summed E-state index contributed by atoms with van der Waals surface area (Å²) in [4.78, 5) is 21.8. The number of nitrogens with two attached hydrogens (primary N) is 2. The van der Waals surface area contributed by atoms with Gasteiger partial charge in [0.2, 0.25) is 11.8 Å². The molecule has 7 N–H and O–H groups in total. The van der Waals surface area contributed by atoms with Gasteiger partial charge in [-0.15, -0.1) is 0 Å². The number of aliphatic hydroxyl groups excluding tert-OH is 3. The van der Waals surface area contributed by atoms with Crippen molar-refractivity contribution < 1.29 is 34.4 Å². The molecular formula is C9H16N2O7. The van der Waals surface area contributed by atoms with Gasteiger partial charge in [-0.1, -0.05) is 0 Å². The molecule has 0 aromatic heterocycles. The number of rotatable bonds is 4. The van der Waals surface area contributed by atoms with E-state index in [4.69, 9.17) is 20.9 Å². The van der Waals surface area contributed by atoms with E-state index in [2.05, 4.69) is 0 Å². The third-order valence-corrected chi connectivity index (χ3v) is 2.59. The average molecular weight is 264 g/mol. The van der Waals surface area contributed by atoms with Crippen molar-refractivity contribution >= 4 is 11.8 Å². The fourth-order valence-electron chi connectivity index (χ4n) is 1.46. The lowest BCUT2D eigenvalue weighted by Crippen LogP contribution is -2.62. The van der Waals surface area contributed by atoms with Crippen LogP contribution in [0.5, 0.6) is 0 Å². The lowest BCUT2D eigenvalue weighted by molar-refractivity contribution is -0.296. The molecular weight excluding hydrogens is 248 g/mol. The van der Waals surface area contributed by atoms with Crippen LogP contribution in [0.15, 0.2) is 0 Å². The Kier molecular flexibility index (Phi) is 4.59. The molecule has 2 amide bonds. The zero-order chi connectivity index (χ0) is 14.0. The minimum Gasteiger partial charge on any atom is -0.387 e. The van der Waals surface area contributed by atoms with Crippen LogP contribution in [0.3, 0.4) is 0 Å². The molecule has 0 radical (unpaired) electrons. The van der Waals surface area contributed by atoms with Gasteiger partial charge in [-0.05, 0) is 6.92 Å². The standard InChI is InChI=1S/C9H16N2O7/c1-2(7(10)15)17-9-5(14)3(12)4(13)6(18-9)8(11)16/h2-6,9,12-14H,1H3,(H2,10,15)(H2,11,16)/t2?,3?,4-,5+,6?,9-/m0/s1. The summed E-state index contributed by atoms with van der Waals surface area (Å²) in [6, 6.07) is 0. The van der Waals surface area contributed by atoms with E-state index in [1.807, 2.05) is 0 Å². The maximum Gasteiger partial charge on any atom is 0.249 e. The van der Waals surface area contributed by atoms with Crippen LogP contribution >= 0.6 is 0 Å². The summed E-state index contributed by atoms with van der Waals surface area (Å²) in [5.41, 5.74) is 9.90. The monoisotopic (exact) mass is 264 g/mol. The van der Waals surface area contributed by atoms with Crippen LogP contribution in [0.25, 0.3) is 0 Å². The molecule has 9 nitrogen and oxygen atoms in total. The van der Waals surface area contributed by atoms with Crippen LogP contribution in [0.4, 0.5) is 0 Å². The van der Waals surface area contributed by atoms with Crippen molar-refractivity contribution in [2.24, 2.45) is 11.5 Å². The average Bonchev–Trinajstić information content (AvgIpc) is 2.29. The lowest BCUT2D eigenvalue weighted by atomic mass is 9.98. The molecule has 0 aromatic rings. The molecule has 1 rings (SSSR count). The molecule has 0 spiro atoms. The number of primary amides is 2. The predicted molar refractivity (Wildman–Crippen MR) is 55.6 cm³/mol. The summed E-state index contributed by atoms with van der Waals surface area (Å²) in [6.07, 6.45) is -9.17. The lowest BCUT2D eigenvalue weighted by Gasteiger charge is -2.39. The van der Waals surface area contributed by atoms with Crippen LogP contribution < -0.4 is 11.5 Å². The highest BCUT2D eigenvalue weighted by atomic mass is 16.7. The summed E-state index contributed by atoms with van der Waals surface area (Å²) in [5, 5.41) is 28.5. The topological polar surface area (TPSA) is 165 Å². The van der Waals surface area contributed by atoms with Gasteiger partial charge in [-0.2, -0.15) is 0 Å². The van der Waals surface area contributed by atoms with Crippen LogP contribution in [0.1, 0.15) is 6.92 Å². The van der Waals surface area contributed by atoms with Gasteiger partial charge in [-0.25, -0.2) is 0 Å². The van der Waals surface area contributed by atoms with Gasteiger partial charge >= 0.3 is 0 Å². The first-order chi connectivity index (χ1) is 8.25. The molecule has 1 aliphatic rings. The van der Waals surface area contributed by atoms with E-state index in [9.17, 15) is 24.9 Å². The SMILES string of the molecule is CC(O[C@H]1OC(C(N)=O)[C@@H](O)C(O)[C@H]1O)C(N)=O. The Morgan fingerprint density at radius 2 is 1.72 bits per heavy atom. The van der Waals surface area contributed by atoms with Gasteiger partial charge < -0.3 is 36.3 Å². The molecule has 1 saturated heterocycles. The second-order valence-corrected chi connectivity index (χ2v) is 3.98. The molecule has 0 saturated carbocycles. The number of hydrogen-bond acceptors (Lipinski definition) is 7.